The maximum atomic E-state index is 2.30. The largest absolute Gasteiger partial charge is 0.0654 e. The lowest BCUT2D eigenvalue weighted by Crippen LogP contribution is -1.99. The molecule has 0 saturated heterocycles. The van der Waals surface area contributed by atoms with E-state index < -0.39 is 0 Å². The van der Waals surface area contributed by atoms with E-state index in [4.69, 9.17) is 0 Å². The summed E-state index contributed by atoms with van der Waals surface area (Å²) in [7, 11) is 0. The Morgan fingerprint density at radius 2 is 1.27 bits per heavy atom. The van der Waals surface area contributed by atoms with Crippen molar-refractivity contribution in [2.75, 3.05) is 0 Å². The third-order valence-corrected chi connectivity index (χ3v) is 2.36. The predicted molar refractivity (Wildman–Crippen MR) is 52.8 cm³/mol. The number of hydrogen-bond donors (Lipinski definition) is 0. The Kier molecular flexibility index (Phi) is 8.10. The third-order valence-electron chi connectivity index (χ3n) is 2.36. The Morgan fingerprint density at radius 1 is 0.727 bits per heavy atom. The van der Waals surface area contributed by atoms with E-state index in [0.717, 1.165) is 5.92 Å². The van der Waals surface area contributed by atoms with Crippen molar-refractivity contribution in [1.82, 2.24) is 0 Å². The van der Waals surface area contributed by atoms with Gasteiger partial charge in [-0.25, -0.2) is 0 Å². The molecule has 68 valence electrons. The standard InChI is InChI=1S/C11H24/c1-4-7-10-11(8-5-2)9-6-3/h11H,4-10H2,1-3H3. The lowest BCUT2D eigenvalue weighted by molar-refractivity contribution is 0.398. The van der Waals surface area contributed by atoms with Crippen LogP contribution in [0.4, 0.5) is 0 Å². The number of rotatable bonds is 7. The third kappa shape index (κ3) is 6.40. The van der Waals surface area contributed by atoms with Crippen LogP contribution in [0.2, 0.25) is 0 Å². The van der Waals surface area contributed by atoms with Crippen LogP contribution in [-0.4, -0.2) is 0 Å². The summed E-state index contributed by atoms with van der Waals surface area (Å²) in [6.07, 6.45) is 9.91. The molecule has 0 heterocycles. The van der Waals surface area contributed by atoms with E-state index in [1.165, 1.54) is 44.9 Å². The van der Waals surface area contributed by atoms with Gasteiger partial charge in [-0.05, 0) is 5.92 Å². The second kappa shape index (κ2) is 8.10. The average Bonchev–Trinajstić information content (AvgIpc) is 2.01. The average molecular weight is 156 g/mol. The highest BCUT2D eigenvalue weighted by Crippen LogP contribution is 2.19. The summed E-state index contributed by atoms with van der Waals surface area (Å²) in [5.41, 5.74) is 0. The van der Waals surface area contributed by atoms with Crippen LogP contribution in [0.3, 0.4) is 0 Å². The van der Waals surface area contributed by atoms with Crippen molar-refractivity contribution in [2.45, 2.75) is 65.7 Å². The van der Waals surface area contributed by atoms with Gasteiger partial charge in [-0.2, -0.15) is 0 Å². The molecule has 0 unspecified atom stereocenters. The van der Waals surface area contributed by atoms with Crippen molar-refractivity contribution in [3.8, 4) is 0 Å². The van der Waals surface area contributed by atoms with E-state index in [2.05, 4.69) is 20.8 Å². The molecule has 0 aromatic heterocycles. The second-order valence-electron chi connectivity index (χ2n) is 3.59. The van der Waals surface area contributed by atoms with Crippen molar-refractivity contribution >= 4 is 0 Å². The molecule has 0 aliphatic rings. The van der Waals surface area contributed by atoms with Crippen LogP contribution in [0.1, 0.15) is 65.7 Å². The monoisotopic (exact) mass is 156 g/mol. The molecule has 11 heavy (non-hydrogen) atoms. The fourth-order valence-electron chi connectivity index (χ4n) is 1.74. The fourth-order valence-corrected chi connectivity index (χ4v) is 1.74. The van der Waals surface area contributed by atoms with Gasteiger partial charge in [0.05, 0.1) is 0 Å². The molecule has 0 aromatic rings. The highest BCUT2D eigenvalue weighted by atomic mass is 14.1. The normalized spacial score (nSPS) is 10.9. The van der Waals surface area contributed by atoms with Crippen molar-refractivity contribution in [1.29, 1.82) is 0 Å². The molecule has 0 saturated carbocycles. The zero-order chi connectivity index (χ0) is 8.53. The highest BCUT2D eigenvalue weighted by Gasteiger charge is 2.04. The molecule has 0 amide bonds. The highest BCUT2D eigenvalue weighted by molar-refractivity contribution is 4.57. The van der Waals surface area contributed by atoms with E-state index in [0.29, 0.717) is 0 Å². The van der Waals surface area contributed by atoms with Crippen molar-refractivity contribution in [3.63, 3.8) is 0 Å². The van der Waals surface area contributed by atoms with E-state index >= 15 is 0 Å². The van der Waals surface area contributed by atoms with Gasteiger partial charge in [0, 0.05) is 0 Å². The van der Waals surface area contributed by atoms with E-state index in [9.17, 15) is 0 Å². The first-order valence-electron chi connectivity index (χ1n) is 5.35. The molecule has 0 nitrogen and oxygen atoms in total. The summed E-state index contributed by atoms with van der Waals surface area (Å²) in [4.78, 5) is 0. The van der Waals surface area contributed by atoms with E-state index in [1.807, 2.05) is 0 Å². The molecular weight excluding hydrogens is 132 g/mol. The smallest absolute Gasteiger partial charge is 0.0414 e. The lowest BCUT2D eigenvalue weighted by Gasteiger charge is -2.13. The van der Waals surface area contributed by atoms with Crippen LogP contribution in [-0.2, 0) is 0 Å². The van der Waals surface area contributed by atoms with E-state index in [-0.39, 0.29) is 0 Å². The zero-order valence-corrected chi connectivity index (χ0v) is 8.53. The molecule has 0 aliphatic carbocycles. The minimum absolute atomic E-state index is 1.03. The van der Waals surface area contributed by atoms with Gasteiger partial charge >= 0.3 is 0 Å². The first-order valence-corrected chi connectivity index (χ1v) is 5.35. The van der Waals surface area contributed by atoms with Crippen LogP contribution >= 0.6 is 0 Å². The van der Waals surface area contributed by atoms with Gasteiger partial charge in [0.1, 0.15) is 0 Å². The van der Waals surface area contributed by atoms with Crippen molar-refractivity contribution < 1.29 is 0 Å². The molecule has 0 radical (unpaired) electrons. The quantitative estimate of drug-likeness (QED) is 0.512. The molecule has 0 fully saturated rings. The summed E-state index contributed by atoms with van der Waals surface area (Å²) in [6, 6.07) is 0. The molecule has 0 aromatic carbocycles. The minimum atomic E-state index is 1.03. The SMILES string of the molecule is CCCCC(CCC)CCC. The molecule has 0 heteroatoms. The maximum absolute atomic E-state index is 2.30. The van der Waals surface area contributed by atoms with Gasteiger partial charge in [0.2, 0.25) is 0 Å². The minimum Gasteiger partial charge on any atom is -0.0654 e. The van der Waals surface area contributed by atoms with Gasteiger partial charge < -0.3 is 0 Å². The number of unbranched alkanes of at least 4 members (excludes halogenated alkanes) is 1. The van der Waals surface area contributed by atoms with E-state index in [1.54, 1.807) is 0 Å². The van der Waals surface area contributed by atoms with Gasteiger partial charge in [0.15, 0.2) is 0 Å². The van der Waals surface area contributed by atoms with Crippen molar-refractivity contribution in [2.24, 2.45) is 5.92 Å². The second-order valence-corrected chi connectivity index (χ2v) is 3.59. The zero-order valence-electron chi connectivity index (χ0n) is 8.53. The Balaban J connectivity index is 3.34. The van der Waals surface area contributed by atoms with Gasteiger partial charge in [0.25, 0.3) is 0 Å². The lowest BCUT2D eigenvalue weighted by atomic mass is 9.93. The van der Waals surface area contributed by atoms with Crippen molar-refractivity contribution in [3.05, 3.63) is 0 Å². The van der Waals surface area contributed by atoms with Crippen LogP contribution < -0.4 is 0 Å². The molecule has 0 atom stereocenters. The van der Waals surface area contributed by atoms with Crippen LogP contribution in [0.15, 0.2) is 0 Å². The molecule has 0 rings (SSSR count). The summed E-state index contributed by atoms with van der Waals surface area (Å²) < 4.78 is 0. The number of hydrogen-bond acceptors (Lipinski definition) is 0. The fraction of sp³-hybridized carbons (Fsp3) is 1.00. The van der Waals surface area contributed by atoms with Gasteiger partial charge in [-0.15, -0.1) is 0 Å². The maximum Gasteiger partial charge on any atom is -0.0414 e. The first kappa shape index (κ1) is 11.0. The molecular formula is C11H24. The van der Waals surface area contributed by atoms with Gasteiger partial charge in [-0.1, -0.05) is 65.7 Å². The predicted octanol–water partition coefficient (Wildman–Crippen LogP) is 4.39. The molecule has 0 aliphatic heterocycles. The summed E-state index contributed by atoms with van der Waals surface area (Å²) >= 11 is 0. The molecule has 0 spiro atoms. The summed E-state index contributed by atoms with van der Waals surface area (Å²) in [6.45, 7) is 6.89. The summed E-state index contributed by atoms with van der Waals surface area (Å²) in [5, 5.41) is 0. The topological polar surface area (TPSA) is 0 Å². The Hall–Kier alpha value is 0. The summed E-state index contributed by atoms with van der Waals surface area (Å²) in [5.74, 6) is 1.03. The molecule has 0 bridgehead atoms. The van der Waals surface area contributed by atoms with Gasteiger partial charge in [-0.3, -0.25) is 0 Å². The van der Waals surface area contributed by atoms with Crippen LogP contribution in [0, 0.1) is 5.92 Å². The van der Waals surface area contributed by atoms with Crippen LogP contribution in [0.25, 0.3) is 0 Å². The Labute approximate surface area is 72.4 Å². The molecule has 0 N–H and O–H groups in total. The Bertz CT molecular complexity index is 60.4. The van der Waals surface area contributed by atoms with Crippen LogP contribution in [0.5, 0.6) is 0 Å². The first-order chi connectivity index (χ1) is 5.35. The Morgan fingerprint density at radius 3 is 1.64 bits per heavy atom.